The van der Waals surface area contributed by atoms with Crippen molar-refractivity contribution < 1.29 is 22.7 Å². The summed E-state index contributed by atoms with van der Waals surface area (Å²) in [7, 11) is 0. The van der Waals surface area contributed by atoms with Crippen molar-refractivity contribution in [2.45, 2.75) is 20.0 Å². The zero-order valence-electron chi connectivity index (χ0n) is 12.7. The molecule has 0 heterocycles. The molecule has 122 valence electrons. The van der Waals surface area contributed by atoms with Gasteiger partial charge < -0.3 is 10.1 Å². The summed E-state index contributed by atoms with van der Waals surface area (Å²) in [6.45, 7) is 3.55. The predicted octanol–water partition coefficient (Wildman–Crippen LogP) is 4.34. The lowest BCUT2D eigenvalue weighted by molar-refractivity contribution is -0.137. The summed E-state index contributed by atoms with van der Waals surface area (Å²) in [6, 6.07) is 9.74. The number of anilines is 1. The standard InChI is InChI=1S/C17H16F3NO2/c1-11-4-3-5-15(12(11)2)21-16(22)10-23-14-8-6-13(7-9-14)17(18,19)20/h3-9H,10H2,1-2H3,(H,21,22). The van der Waals surface area contributed by atoms with Crippen LogP contribution in [0.2, 0.25) is 0 Å². The number of carbonyl (C=O) groups is 1. The van der Waals surface area contributed by atoms with Gasteiger partial charge in [-0.1, -0.05) is 12.1 Å². The number of nitrogens with one attached hydrogen (secondary N) is 1. The highest BCUT2D eigenvalue weighted by Crippen LogP contribution is 2.30. The Morgan fingerprint density at radius 1 is 1.09 bits per heavy atom. The van der Waals surface area contributed by atoms with Crippen LogP contribution in [0.1, 0.15) is 16.7 Å². The summed E-state index contributed by atoms with van der Waals surface area (Å²) in [5.74, 6) is -0.173. The van der Waals surface area contributed by atoms with Crippen molar-refractivity contribution in [2.24, 2.45) is 0 Å². The van der Waals surface area contributed by atoms with Gasteiger partial charge in [0.1, 0.15) is 5.75 Å². The largest absolute Gasteiger partial charge is 0.484 e. The average Bonchev–Trinajstić information content (AvgIpc) is 2.49. The predicted molar refractivity (Wildman–Crippen MR) is 81.5 cm³/mol. The van der Waals surface area contributed by atoms with Gasteiger partial charge in [0.15, 0.2) is 6.61 Å². The fourth-order valence-electron chi connectivity index (χ4n) is 1.96. The number of alkyl halides is 3. The van der Waals surface area contributed by atoms with Gasteiger partial charge in [-0.2, -0.15) is 13.2 Å². The van der Waals surface area contributed by atoms with E-state index in [0.29, 0.717) is 5.69 Å². The van der Waals surface area contributed by atoms with Gasteiger partial charge in [-0.15, -0.1) is 0 Å². The van der Waals surface area contributed by atoms with Crippen LogP contribution in [0.3, 0.4) is 0 Å². The third-order valence-electron chi connectivity index (χ3n) is 3.43. The second kappa shape index (κ2) is 6.73. The van der Waals surface area contributed by atoms with Crippen LogP contribution in [0.5, 0.6) is 5.75 Å². The van der Waals surface area contributed by atoms with Crippen molar-refractivity contribution in [1.82, 2.24) is 0 Å². The molecular formula is C17H16F3NO2. The van der Waals surface area contributed by atoms with E-state index in [2.05, 4.69) is 5.32 Å². The second-order valence-electron chi connectivity index (χ2n) is 5.11. The van der Waals surface area contributed by atoms with Gasteiger partial charge in [-0.25, -0.2) is 0 Å². The average molecular weight is 323 g/mol. The second-order valence-corrected chi connectivity index (χ2v) is 5.11. The lowest BCUT2D eigenvalue weighted by Gasteiger charge is -2.11. The molecule has 0 saturated heterocycles. The number of ether oxygens (including phenoxy) is 1. The van der Waals surface area contributed by atoms with Crippen LogP contribution >= 0.6 is 0 Å². The third-order valence-corrected chi connectivity index (χ3v) is 3.43. The van der Waals surface area contributed by atoms with E-state index < -0.39 is 11.7 Å². The van der Waals surface area contributed by atoms with Crippen LogP contribution in [0.25, 0.3) is 0 Å². The highest BCUT2D eigenvalue weighted by atomic mass is 19.4. The highest BCUT2D eigenvalue weighted by Gasteiger charge is 2.30. The molecule has 0 atom stereocenters. The maximum Gasteiger partial charge on any atom is 0.416 e. The molecule has 6 heteroatoms. The summed E-state index contributed by atoms with van der Waals surface area (Å²) in [4.78, 5) is 11.9. The Morgan fingerprint density at radius 2 is 1.74 bits per heavy atom. The number of aryl methyl sites for hydroxylation is 1. The lowest BCUT2D eigenvalue weighted by Crippen LogP contribution is -2.20. The molecule has 23 heavy (non-hydrogen) atoms. The van der Waals surface area contributed by atoms with Crippen LogP contribution in [-0.2, 0) is 11.0 Å². The number of carbonyl (C=O) groups excluding carboxylic acids is 1. The first-order chi connectivity index (χ1) is 10.8. The van der Waals surface area contributed by atoms with Crippen LogP contribution in [-0.4, -0.2) is 12.5 Å². The summed E-state index contributed by atoms with van der Waals surface area (Å²) in [5.41, 5.74) is 1.93. The smallest absolute Gasteiger partial charge is 0.416 e. The summed E-state index contributed by atoms with van der Waals surface area (Å²) in [5, 5.41) is 2.71. The minimum Gasteiger partial charge on any atom is -0.484 e. The van der Waals surface area contributed by atoms with Gasteiger partial charge in [0.25, 0.3) is 5.91 Å². The molecule has 1 amide bonds. The Hall–Kier alpha value is -2.50. The molecule has 0 bridgehead atoms. The molecule has 0 aromatic heterocycles. The topological polar surface area (TPSA) is 38.3 Å². The lowest BCUT2D eigenvalue weighted by atomic mass is 10.1. The van der Waals surface area contributed by atoms with Gasteiger partial charge in [0.2, 0.25) is 0 Å². The van der Waals surface area contributed by atoms with E-state index >= 15 is 0 Å². The number of amides is 1. The van der Waals surface area contributed by atoms with Crippen LogP contribution in [0.4, 0.5) is 18.9 Å². The molecule has 0 radical (unpaired) electrons. The van der Waals surface area contributed by atoms with Gasteiger partial charge in [-0.3, -0.25) is 4.79 Å². The van der Waals surface area contributed by atoms with E-state index in [9.17, 15) is 18.0 Å². The van der Waals surface area contributed by atoms with E-state index in [-0.39, 0.29) is 18.3 Å². The maximum absolute atomic E-state index is 12.4. The van der Waals surface area contributed by atoms with Crippen molar-refractivity contribution in [3.63, 3.8) is 0 Å². The molecular weight excluding hydrogens is 307 g/mol. The SMILES string of the molecule is Cc1cccc(NC(=O)COc2ccc(C(F)(F)F)cc2)c1C. The van der Waals surface area contributed by atoms with Gasteiger partial charge in [0, 0.05) is 5.69 Å². The zero-order chi connectivity index (χ0) is 17.0. The quantitative estimate of drug-likeness (QED) is 0.909. The van der Waals surface area contributed by atoms with Gasteiger partial charge in [-0.05, 0) is 55.3 Å². The van der Waals surface area contributed by atoms with E-state index in [1.165, 1.54) is 12.1 Å². The van der Waals surface area contributed by atoms with Crippen molar-refractivity contribution in [1.29, 1.82) is 0 Å². The van der Waals surface area contributed by atoms with E-state index in [1.807, 2.05) is 26.0 Å². The number of hydrogen-bond acceptors (Lipinski definition) is 2. The third kappa shape index (κ3) is 4.48. The molecule has 3 nitrogen and oxygen atoms in total. The number of rotatable bonds is 4. The van der Waals surface area contributed by atoms with Crippen molar-refractivity contribution in [2.75, 3.05) is 11.9 Å². The molecule has 2 aromatic carbocycles. The van der Waals surface area contributed by atoms with E-state index in [1.54, 1.807) is 6.07 Å². The van der Waals surface area contributed by atoms with Crippen molar-refractivity contribution in [3.8, 4) is 5.75 Å². The molecule has 2 rings (SSSR count). The molecule has 0 aliphatic heterocycles. The molecule has 0 aliphatic carbocycles. The minimum absolute atomic E-state index is 0.203. The van der Waals surface area contributed by atoms with Gasteiger partial charge >= 0.3 is 6.18 Å². The number of hydrogen-bond donors (Lipinski definition) is 1. The number of halogens is 3. The summed E-state index contributed by atoms with van der Waals surface area (Å²) < 4.78 is 42.5. The molecule has 0 unspecified atom stereocenters. The van der Waals surface area contributed by atoms with E-state index in [0.717, 1.165) is 23.3 Å². The van der Waals surface area contributed by atoms with Crippen LogP contribution in [0.15, 0.2) is 42.5 Å². The fraction of sp³-hybridized carbons (Fsp3) is 0.235. The molecule has 0 fully saturated rings. The molecule has 0 saturated carbocycles. The molecule has 1 N–H and O–H groups in total. The van der Waals surface area contributed by atoms with Crippen molar-refractivity contribution in [3.05, 3.63) is 59.2 Å². The Balaban J connectivity index is 1.93. The fourth-order valence-corrected chi connectivity index (χ4v) is 1.96. The maximum atomic E-state index is 12.4. The Labute approximate surface area is 132 Å². The molecule has 0 spiro atoms. The first-order valence-corrected chi connectivity index (χ1v) is 6.93. The van der Waals surface area contributed by atoms with Crippen molar-refractivity contribution >= 4 is 11.6 Å². The first-order valence-electron chi connectivity index (χ1n) is 6.93. The normalized spacial score (nSPS) is 11.2. The first kappa shape index (κ1) is 16.9. The summed E-state index contributed by atoms with van der Waals surface area (Å²) >= 11 is 0. The molecule has 0 aliphatic rings. The number of benzene rings is 2. The Bertz CT molecular complexity index is 694. The summed E-state index contributed by atoms with van der Waals surface area (Å²) in [6.07, 6.45) is -4.39. The van der Waals surface area contributed by atoms with Crippen LogP contribution < -0.4 is 10.1 Å². The monoisotopic (exact) mass is 323 g/mol. The van der Waals surface area contributed by atoms with Gasteiger partial charge in [0.05, 0.1) is 5.56 Å². The Morgan fingerprint density at radius 3 is 2.35 bits per heavy atom. The minimum atomic E-state index is -4.39. The van der Waals surface area contributed by atoms with E-state index in [4.69, 9.17) is 4.74 Å². The van der Waals surface area contributed by atoms with Crippen LogP contribution in [0, 0.1) is 13.8 Å². The zero-order valence-corrected chi connectivity index (χ0v) is 12.7. The highest BCUT2D eigenvalue weighted by molar-refractivity contribution is 5.92. The molecule has 2 aromatic rings. The Kier molecular flexibility index (Phi) is 4.93.